The zero-order valence-corrected chi connectivity index (χ0v) is 19.0. The van der Waals surface area contributed by atoms with Gasteiger partial charge in [-0.2, -0.15) is 5.26 Å². The molecule has 3 heteroatoms. The van der Waals surface area contributed by atoms with Crippen LogP contribution in [0.5, 0.6) is 0 Å². The molecule has 158 valence electrons. The Morgan fingerprint density at radius 2 is 1.18 bits per heavy atom. The fraction of sp³-hybridized carbons (Fsp3) is 0. The Morgan fingerprint density at radius 1 is 0.559 bits per heavy atom. The second kappa shape index (κ2) is 7.31. The van der Waals surface area contributed by atoms with Crippen molar-refractivity contribution < 1.29 is 0 Å². The summed E-state index contributed by atoms with van der Waals surface area (Å²) in [6.07, 6.45) is 0. The van der Waals surface area contributed by atoms with Crippen molar-refractivity contribution in [3.05, 3.63) is 115 Å². The minimum Gasteiger partial charge on any atom is -0.309 e. The molecule has 0 aliphatic heterocycles. The first kappa shape index (κ1) is 19.1. The van der Waals surface area contributed by atoms with E-state index in [9.17, 15) is 5.26 Å². The normalized spacial score (nSPS) is 11.5. The van der Waals surface area contributed by atoms with Crippen LogP contribution in [0.25, 0.3) is 58.8 Å². The SMILES string of the molecule is N#Cc1c(-c2ccccc2-n2c3ccccc3c3ccccc32)ccc2sc3ccccc3c12. The molecule has 0 aliphatic rings. The minimum atomic E-state index is 0.739. The molecule has 7 aromatic rings. The average molecular weight is 451 g/mol. The van der Waals surface area contributed by atoms with Gasteiger partial charge in [0, 0.05) is 42.1 Å². The largest absolute Gasteiger partial charge is 0.309 e. The van der Waals surface area contributed by atoms with Gasteiger partial charge in [-0.05, 0) is 30.3 Å². The molecule has 2 nitrogen and oxygen atoms in total. The predicted octanol–water partition coefficient (Wildman–Crippen LogP) is 8.69. The van der Waals surface area contributed by atoms with Crippen molar-refractivity contribution in [2.24, 2.45) is 0 Å². The number of rotatable bonds is 2. The van der Waals surface area contributed by atoms with Gasteiger partial charge in [0.25, 0.3) is 0 Å². The van der Waals surface area contributed by atoms with Gasteiger partial charge >= 0.3 is 0 Å². The Balaban J connectivity index is 1.60. The molecule has 2 heterocycles. The minimum absolute atomic E-state index is 0.739. The van der Waals surface area contributed by atoms with Crippen LogP contribution < -0.4 is 0 Å². The standard InChI is InChI=1S/C31H18N2S/c32-19-25-20(17-18-30-31(25)24-12-4-8-16-29(24)34-30)21-9-1-5-13-26(21)33-27-14-6-2-10-22(27)23-11-3-7-15-28(23)33/h1-18H. The van der Waals surface area contributed by atoms with Crippen LogP contribution in [0.4, 0.5) is 0 Å². The summed E-state index contributed by atoms with van der Waals surface area (Å²) in [4.78, 5) is 0. The van der Waals surface area contributed by atoms with Crippen LogP contribution in [0.3, 0.4) is 0 Å². The Hall–Kier alpha value is -4.39. The second-order valence-corrected chi connectivity index (χ2v) is 9.54. The van der Waals surface area contributed by atoms with E-state index in [1.807, 2.05) is 6.07 Å². The molecule has 7 rings (SSSR count). The van der Waals surface area contributed by atoms with Crippen LogP contribution in [0.1, 0.15) is 5.56 Å². The summed E-state index contributed by atoms with van der Waals surface area (Å²) >= 11 is 1.74. The fourth-order valence-corrected chi connectivity index (χ4v) is 6.35. The van der Waals surface area contributed by atoms with Gasteiger partial charge in [0.2, 0.25) is 0 Å². The van der Waals surface area contributed by atoms with Crippen LogP contribution in [-0.4, -0.2) is 4.57 Å². The van der Waals surface area contributed by atoms with E-state index < -0.39 is 0 Å². The Morgan fingerprint density at radius 3 is 1.91 bits per heavy atom. The Bertz CT molecular complexity index is 1880. The van der Waals surface area contributed by atoms with Gasteiger partial charge in [0.05, 0.1) is 22.3 Å². The maximum atomic E-state index is 10.4. The molecule has 5 aromatic carbocycles. The molecule has 0 bridgehead atoms. The lowest BCUT2D eigenvalue weighted by Gasteiger charge is -2.15. The van der Waals surface area contributed by atoms with Crippen molar-refractivity contribution in [2.75, 3.05) is 0 Å². The lowest BCUT2D eigenvalue weighted by molar-refractivity contribution is 1.18. The number of nitriles is 1. The second-order valence-electron chi connectivity index (χ2n) is 8.46. The zero-order valence-electron chi connectivity index (χ0n) is 18.2. The van der Waals surface area contributed by atoms with Crippen molar-refractivity contribution >= 4 is 53.3 Å². The van der Waals surface area contributed by atoms with Crippen molar-refractivity contribution in [3.63, 3.8) is 0 Å². The van der Waals surface area contributed by atoms with Crippen LogP contribution in [-0.2, 0) is 0 Å². The first-order chi connectivity index (χ1) is 16.8. The van der Waals surface area contributed by atoms with E-state index in [-0.39, 0.29) is 0 Å². The summed E-state index contributed by atoms with van der Waals surface area (Å²) in [5, 5.41) is 15.0. The summed E-state index contributed by atoms with van der Waals surface area (Å²) in [6.45, 7) is 0. The van der Waals surface area contributed by atoms with Gasteiger partial charge in [-0.1, -0.05) is 78.9 Å². The smallest absolute Gasteiger partial charge is 0.100 e. The zero-order chi connectivity index (χ0) is 22.6. The van der Waals surface area contributed by atoms with E-state index >= 15 is 0 Å². The van der Waals surface area contributed by atoms with Gasteiger partial charge < -0.3 is 4.57 Å². The van der Waals surface area contributed by atoms with E-state index in [1.165, 1.54) is 15.5 Å². The van der Waals surface area contributed by atoms with Gasteiger partial charge in [-0.15, -0.1) is 11.3 Å². The molecule has 0 aliphatic carbocycles. The Labute approximate surface area is 200 Å². The molecular weight excluding hydrogens is 432 g/mol. The quantitative estimate of drug-likeness (QED) is 0.259. The van der Waals surface area contributed by atoms with E-state index in [1.54, 1.807) is 11.3 Å². The van der Waals surface area contributed by atoms with Gasteiger partial charge in [0.1, 0.15) is 6.07 Å². The topological polar surface area (TPSA) is 28.7 Å². The molecule has 0 radical (unpaired) electrons. The highest BCUT2D eigenvalue weighted by Crippen LogP contribution is 2.42. The van der Waals surface area contributed by atoms with E-state index in [4.69, 9.17) is 0 Å². The van der Waals surface area contributed by atoms with Crippen molar-refractivity contribution in [1.82, 2.24) is 4.57 Å². The summed E-state index contributed by atoms with van der Waals surface area (Å²) in [7, 11) is 0. The van der Waals surface area contributed by atoms with Gasteiger partial charge in [-0.25, -0.2) is 0 Å². The lowest BCUT2D eigenvalue weighted by atomic mass is 9.95. The van der Waals surface area contributed by atoms with Crippen LogP contribution >= 0.6 is 11.3 Å². The Kier molecular flexibility index (Phi) is 4.11. The third-order valence-corrected chi connectivity index (χ3v) is 7.81. The van der Waals surface area contributed by atoms with E-state index in [0.717, 1.165) is 48.9 Å². The van der Waals surface area contributed by atoms with E-state index in [2.05, 4.69) is 114 Å². The molecule has 0 saturated carbocycles. The third kappa shape index (κ3) is 2.61. The number of thiophene rings is 1. The number of para-hydroxylation sites is 3. The molecular formula is C31H18N2S. The predicted molar refractivity (Wildman–Crippen MR) is 144 cm³/mol. The molecule has 0 atom stereocenters. The maximum absolute atomic E-state index is 10.4. The summed E-state index contributed by atoms with van der Waals surface area (Å²) < 4.78 is 4.69. The van der Waals surface area contributed by atoms with Crippen LogP contribution in [0, 0.1) is 11.3 Å². The summed E-state index contributed by atoms with van der Waals surface area (Å²) in [5.41, 5.74) is 6.17. The molecule has 0 spiro atoms. The number of hydrogen-bond acceptors (Lipinski definition) is 2. The number of aromatic nitrogens is 1. The molecule has 2 aromatic heterocycles. The van der Waals surface area contributed by atoms with Crippen LogP contribution in [0.15, 0.2) is 109 Å². The molecule has 0 fully saturated rings. The molecule has 34 heavy (non-hydrogen) atoms. The van der Waals surface area contributed by atoms with Gasteiger partial charge in [-0.3, -0.25) is 0 Å². The fourth-order valence-electron chi connectivity index (χ4n) is 5.24. The third-order valence-electron chi connectivity index (χ3n) is 6.67. The molecule has 0 amide bonds. The van der Waals surface area contributed by atoms with Crippen molar-refractivity contribution in [1.29, 1.82) is 5.26 Å². The van der Waals surface area contributed by atoms with E-state index in [0.29, 0.717) is 0 Å². The first-order valence-corrected chi connectivity index (χ1v) is 12.1. The van der Waals surface area contributed by atoms with Gasteiger partial charge in [0.15, 0.2) is 0 Å². The number of nitrogens with zero attached hydrogens (tertiary/aromatic N) is 2. The number of hydrogen-bond donors (Lipinski definition) is 0. The molecule has 0 unspecified atom stereocenters. The number of benzene rings is 5. The van der Waals surface area contributed by atoms with Crippen molar-refractivity contribution in [3.8, 4) is 22.9 Å². The van der Waals surface area contributed by atoms with Crippen molar-refractivity contribution in [2.45, 2.75) is 0 Å². The number of fused-ring (bicyclic) bond motifs is 6. The summed E-state index contributed by atoms with van der Waals surface area (Å²) in [5.74, 6) is 0. The monoisotopic (exact) mass is 450 g/mol. The maximum Gasteiger partial charge on any atom is 0.100 e. The highest BCUT2D eigenvalue weighted by atomic mass is 32.1. The molecule has 0 saturated heterocycles. The average Bonchev–Trinajstić information content (AvgIpc) is 3.44. The lowest BCUT2D eigenvalue weighted by Crippen LogP contribution is -1.98. The summed E-state index contributed by atoms with van der Waals surface area (Å²) in [6, 6.07) is 40.7. The molecule has 0 N–H and O–H groups in total. The first-order valence-electron chi connectivity index (χ1n) is 11.3. The highest BCUT2D eigenvalue weighted by Gasteiger charge is 2.19. The highest BCUT2D eigenvalue weighted by molar-refractivity contribution is 7.25. The van der Waals surface area contributed by atoms with Crippen LogP contribution in [0.2, 0.25) is 0 Å².